The molecule has 46 heavy (non-hydrogen) atoms. The van der Waals surface area contributed by atoms with Crippen molar-refractivity contribution in [3.63, 3.8) is 0 Å². The molecule has 0 saturated heterocycles. The molecule has 7 rings (SSSR count). The zero-order valence-corrected chi connectivity index (χ0v) is 25.9. The maximum Gasteiger partial charge on any atom is 0.335 e. The molecule has 9 nitrogen and oxygen atoms in total. The molecule has 0 fully saturated rings. The van der Waals surface area contributed by atoms with E-state index >= 15 is 0 Å². The Morgan fingerprint density at radius 1 is 1.17 bits per heavy atom. The fourth-order valence-corrected chi connectivity index (χ4v) is 6.39. The summed E-state index contributed by atoms with van der Waals surface area (Å²) >= 11 is 6.19. The normalized spacial score (nSPS) is 15.0. The van der Waals surface area contributed by atoms with Crippen LogP contribution in [0, 0.1) is 11.9 Å². The van der Waals surface area contributed by atoms with Gasteiger partial charge in [0.15, 0.2) is 0 Å². The third kappa shape index (κ3) is 5.88. The molecule has 11 heteroatoms. The second-order valence-corrected chi connectivity index (χ2v) is 11.9. The van der Waals surface area contributed by atoms with Gasteiger partial charge in [-0.05, 0) is 68.0 Å². The number of carbonyl (C=O) groups is 1. The summed E-state index contributed by atoms with van der Waals surface area (Å²) in [6, 6.07) is 14.9. The first-order valence-corrected chi connectivity index (χ1v) is 15.6. The van der Waals surface area contributed by atoms with Crippen molar-refractivity contribution in [1.82, 2.24) is 24.1 Å². The lowest BCUT2D eigenvalue weighted by atomic mass is 9.86. The second kappa shape index (κ2) is 12.4. The molecule has 0 bridgehead atoms. The Bertz CT molecular complexity index is 2110. The zero-order valence-electron chi connectivity index (χ0n) is 25.1. The zero-order chi connectivity index (χ0) is 31.8. The number of carboxylic acids is 1. The summed E-state index contributed by atoms with van der Waals surface area (Å²) < 4.78 is 29.2. The monoisotopic (exact) mass is 639 g/mol. The number of rotatable bonds is 10. The quantitative estimate of drug-likeness (QED) is 0.162. The maximum absolute atomic E-state index is 13.8. The fraction of sp³-hybridized carbons (Fsp3) is 0.257. The molecular weight excluding hydrogens is 609 g/mol. The molecule has 1 aliphatic rings. The van der Waals surface area contributed by atoms with Crippen LogP contribution in [0.25, 0.3) is 27.6 Å². The van der Waals surface area contributed by atoms with Gasteiger partial charge in [0.1, 0.15) is 18.0 Å². The van der Waals surface area contributed by atoms with Crippen LogP contribution in [-0.2, 0) is 26.1 Å². The predicted molar refractivity (Wildman–Crippen MR) is 172 cm³/mol. The van der Waals surface area contributed by atoms with Crippen molar-refractivity contribution in [3.8, 4) is 5.88 Å². The first-order valence-electron chi connectivity index (χ1n) is 15.2. The summed E-state index contributed by atoms with van der Waals surface area (Å²) in [4.78, 5) is 25.8. The first-order chi connectivity index (χ1) is 22.4. The molecule has 234 valence electrons. The first kappa shape index (κ1) is 29.7. The molecular formula is C35H31ClFN5O4. The highest BCUT2D eigenvalue weighted by molar-refractivity contribution is 6.35. The van der Waals surface area contributed by atoms with Crippen LogP contribution in [0.15, 0.2) is 77.6 Å². The van der Waals surface area contributed by atoms with E-state index in [0.29, 0.717) is 39.9 Å². The molecule has 0 radical (unpaired) electrons. The summed E-state index contributed by atoms with van der Waals surface area (Å²) in [5, 5.41) is 10.6. The van der Waals surface area contributed by atoms with Gasteiger partial charge < -0.3 is 23.4 Å². The Morgan fingerprint density at radius 2 is 2.07 bits per heavy atom. The van der Waals surface area contributed by atoms with Gasteiger partial charge in [0.05, 0.1) is 45.9 Å². The molecule has 0 saturated carbocycles. The number of aromatic nitrogens is 5. The number of benzene rings is 2. The van der Waals surface area contributed by atoms with Crippen LogP contribution in [0.4, 0.5) is 4.39 Å². The van der Waals surface area contributed by atoms with Crippen LogP contribution in [0.3, 0.4) is 0 Å². The van der Waals surface area contributed by atoms with Gasteiger partial charge in [-0.3, -0.25) is 0 Å². The average molecular weight is 640 g/mol. The van der Waals surface area contributed by atoms with Crippen molar-refractivity contribution in [1.29, 1.82) is 0 Å². The molecule has 4 heterocycles. The molecule has 0 amide bonds. The topological polar surface area (TPSA) is 108 Å². The van der Waals surface area contributed by atoms with Gasteiger partial charge in [0.25, 0.3) is 6.01 Å². The van der Waals surface area contributed by atoms with Gasteiger partial charge in [0.2, 0.25) is 5.88 Å². The molecule has 1 aliphatic carbocycles. The lowest BCUT2D eigenvalue weighted by molar-refractivity contribution is 0.0697. The minimum Gasteiger partial charge on any atom is -0.478 e. The van der Waals surface area contributed by atoms with Crippen molar-refractivity contribution in [2.24, 2.45) is 5.92 Å². The summed E-state index contributed by atoms with van der Waals surface area (Å²) in [6.07, 6.45) is 9.36. The predicted octanol–water partition coefficient (Wildman–Crippen LogP) is 7.94. The molecule has 0 spiro atoms. The van der Waals surface area contributed by atoms with E-state index in [1.165, 1.54) is 6.07 Å². The Labute approximate surface area is 268 Å². The number of pyridine rings is 1. The van der Waals surface area contributed by atoms with Gasteiger partial charge in [-0.1, -0.05) is 29.8 Å². The van der Waals surface area contributed by atoms with Gasteiger partial charge in [-0.25, -0.2) is 19.7 Å². The Morgan fingerprint density at radius 3 is 2.87 bits per heavy atom. The molecule has 2 aromatic carbocycles. The molecule has 1 unspecified atom stereocenters. The number of hydrogen-bond acceptors (Lipinski definition) is 6. The van der Waals surface area contributed by atoms with Gasteiger partial charge in [-0.15, -0.1) is 0 Å². The lowest BCUT2D eigenvalue weighted by Gasteiger charge is -2.22. The smallest absolute Gasteiger partial charge is 0.335 e. The van der Waals surface area contributed by atoms with E-state index < -0.39 is 12.0 Å². The van der Waals surface area contributed by atoms with Crippen molar-refractivity contribution in [3.05, 3.63) is 113 Å². The molecule has 6 aromatic rings. The number of allylic oxidation sites excluding steroid dienone is 2. The van der Waals surface area contributed by atoms with E-state index in [4.69, 9.17) is 30.7 Å². The second-order valence-electron chi connectivity index (χ2n) is 11.5. The third-order valence-corrected chi connectivity index (χ3v) is 8.96. The molecule has 1 atom stereocenters. The van der Waals surface area contributed by atoms with E-state index in [9.17, 15) is 14.3 Å². The molecule has 4 aromatic heterocycles. The lowest BCUT2D eigenvalue weighted by Crippen LogP contribution is -2.15. The number of aryl methyl sites for hydroxylation is 1. The number of fused-ring (bicyclic) bond motifs is 2. The number of furan rings is 1. The fourth-order valence-electron chi connectivity index (χ4n) is 6.18. The van der Waals surface area contributed by atoms with Crippen molar-refractivity contribution in [2.75, 3.05) is 0 Å². The van der Waals surface area contributed by atoms with Crippen LogP contribution in [-0.4, -0.2) is 35.2 Å². The van der Waals surface area contributed by atoms with Crippen LogP contribution >= 0.6 is 11.6 Å². The largest absolute Gasteiger partial charge is 0.478 e. The number of carboxylic acid groups (broad SMARTS) is 1. The number of nitrogens with zero attached hydrogens (tertiary/aromatic N) is 5. The third-order valence-electron chi connectivity index (χ3n) is 8.63. The van der Waals surface area contributed by atoms with Crippen molar-refractivity contribution in [2.45, 2.75) is 52.3 Å². The minimum absolute atomic E-state index is 0.159. The molecule has 1 N–H and O–H groups in total. The summed E-state index contributed by atoms with van der Waals surface area (Å²) in [7, 11) is 0. The van der Waals surface area contributed by atoms with E-state index in [1.807, 2.05) is 24.7 Å². The van der Waals surface area contributed by atoms with Gasteiger partial charge in [0, 0.05) is 42.2 Å². The summed E-state index contributed by atoms with van der Waals surface area (Å²) in [6.45, 7) is 3.59. The van der Waals surface area contributed by atoms with Crippen LogP contribution in [0.5, 0.6) is 5.88 Å². The summed E-state index contributed by atoms with van der Waals surface area (Å²) in [5.74, 6) is 0.814. The highest BCUT2D eigenvalue weighted by Gasteiger charge is 2.22. The van der Waals surface area contributed by atoms with Crippen molar-refractivity contribution >= 4 is 45.1 Å². The summed E-state index contributed by atoms with van der Waals surface area (Å²) in [5.41, 5.74) is 5.95. The van der Waals surface area contributed by atoms with Crippen LogP contribution < -0.4 is 4.74 Å². The Balaban J connectivity index is 1.07. The standard InChI is InChI=1S/C35H31ClFN5O4/c1-2-41-20-38-17-25(41)18-42-30-15-23(35(43)44)11-13-29(30)39-32(42)14-21-6-8-22(9-7-21)28-4-3-5-33(40-28)45-19-24-10-12-27(36)26-16-31(37)46-34(24)26/h3-5,8,10-13,15-17,20-21H,2,6-7,9,14,18-19H2,1H3,(H,43,44). The highest BCUT2D eigenvalue weighted by Crippen LogP contribution is 2.34. The van der Waals surface area contributed by atoms with E-state index in [-0.39, 0.29) is 12.2 Å². The number of halogens is 2. The van der Waals surface area contributed by atoms with Gasteiger partial charge in [-0.2, -0.15) is 4.39 Å². The Hall–Kier alpha value is -4.96. The number of ether oxygens (including phenoxy) is 1. The molecule has 0 aliphatic heterocycles. The van der Waals surface area contributed by atoms with Crippen LogP contribution in [0.1, 0.15) is 59.3 Å². The highest BCUT2D eigenvalue weighted by atomic mass is 35.5. The number of hydrogen-bond donors (Lipinski definition) is 1. The number of aromatic carboxylic acids is 1. The number of imidazole rings is 2. The minimum atomic E-state index is -0.960. The maximum atomic E-state index is 13.8. The average Bonchev–Trinajstić information content (AvgIpc) is 3.78. The van der Waals surface area contributed by atoms with E-state index in [2.05, 4.69) is 27.1 Å². The van der Waals surface area contributed by atoms with Gasteiger partial charge >= 0.3 is 5.97 Å². The Kier molecular flexibility index (Phi) is 8.04. The van der Waals surface area contributed by atoms with Crippen molar-refractivity contribution < 1.29 is 23.4 Å². The van der Waals surface area contributed by atoms with E-state index in [1.54, 1.807) is 36.4 Å². The van der Waals surface area contributed by atoms with Crippen LogP contribution in [0.2, 0.25) is 5.02 Å². The van der Waals surface area contributed by atoms with E-state index in [0.717, 1.165) is 66.0 Å². The SMILES string of the molecule is CCn1cncc1Cn1c(CC2CC=C(c3cccc(OCc4ccc(Cl)c5cc(F)oc45)n3)CC2)nc2ccc(C(=O)O)cc21.